The average Bonchev–Trinajstić information content (AvgIpc) is 2.42. The van der Waals surface area contributed by atoms with Gasteiger partial charge in [-0.25, -0.2) is 8.78 Å². The normalized spacial score (nSPS) is 12.4. The van der Waals surface area contributed by atoms with Gasteiger partial charge in [-0.1, -0.05) is 6.07 Å². The molecular weight excluding hydrogens is 258 g/mol. The lowest BCUT2D eigenvalue weighted by Crippen LogP contribution is -2.22. The number of rotatable bonds is 5. The molecule has 0 spiro atoms. The van der Waals surface area contributed by atoms with Crippen molar-refractivity contribution in [2.75, 3.05) is 6.54 Å². The molecule has 20 heavy (non-hydrogen) atoms. The van der Waals surface area contributed by atoms with Gasteiger partial charge in [0.05, 0.1) is 11.9 Å². The van der Waals surface area contributed by atoms with Crippen molar-refractivity contribution in [1.29, 1.82) is 0 Å². The Labute approximate surface area is 117 Å². The Hall–Kier alpha value is -1.81. The third-order valence-electron chi connectivity index (χ3n) is 3.34. The maximum Gasteiger partial charge on any atom is 0.141 e. The number of nitrogens with zero attached hydrogens (tertiary/aromatic N) is 1. The molecule has 0 saturated heterocycles. The van der Waals surface area contributed by atoms with E-state index in [-0.39, 0.29) is 17.7 Å². The van der Waals surface area contributed by atoms with Crippen molar-refractivity contribution in [3.63, 3.8) is 0 Å². The molecule has 1 atom stereocenters. The molecule has 106 valence electrons. The van der Waals surface area contributed by atoms with Crippen LogP contribution in [0, 0.1) is 18.6 Å². The summed E-state index contributed by atoms with van der Waals surface area (Å²) in [5.41, 5.74) is 2.89. The van der Waals surface area contributed by atoms with E-state index in [1.165, 1.54) is 18.3 Å². The van der Waals surface area contributed by atoms with Crippen LogP contribution in [0.5, 0.6) is 0 Å². The van der Waals surface area contributed by atoms with Gasteiger partial charge >= 0.3 is 0 Å². The second-order valence-corrected chi connectivity index (χ2v) is 4.90. The molecule has 2 rings (SSSR count). The molecule has 1 aromatic carbocycles. The standard InChI is InChI=1S/C16H18F2N2/c1-11-9-14(17)4-3-13(11)7-8-19-12(2)16-6-5-15(18)10-20-16/h3-6,9-10,12,19H,7-8H2,1-2H3. The van der Waals surface area contributed by atoms with Crippen LogP contribution >= 0.6 is 0 Å². The summed E-state index contributed by atoms with van der Waals surface area (Å²) in [7, 11) is 0. The SMILES string of the molecule is Cc1cc(F)ccc1CCNC(C)c1ccc(F)cn1. The summed E-state index contributed by atoms with van der Waals surface area (Å²) in [6.45, 7) is 4.65. The first-order chi connectivity index (χ1) is 9.56. The Balaban J connectivity index is 1.87. The third kappa shape index (κ3) is 3.84. The number of pyridine rings is 1. The summed E-state index contributed by atoms with van der Waals surface area (Å²) in [5, 5.41) is 3.33. The first kappa shape index (κ1) is 14.6. The van der Waals surface area contributed by atoms with Gasteiger partial charge in [-0.3, -0.25) is 4.98 Å². The fourth-order valence-corrected chi connectivity index (χ4v) is 2.11. The highest BCUT2D eigenvalue weighted by Gasteiger charge is 2.07. The summed E-state index contributed by atoms with van der Waals surface area (Å²) >= 11 is 0. The molecule has 0 bridgehead atoms. The highest BCUT2D eigenvalue weighted by atomic mass is 19.1. The van der Waals surface area contributed by atoms with Crippen molar-refractivity contribution in [3.8, 4) is 0 Å². The molecule has 2 nitrogen and oxygen atoms in total. The summed E-state index contributed by atoms with van der Waals surface area (Å²) in [6, 6.07) is 7.97. The van der Waals surface area contributed by atoms with Crippen LogP contribution in [0.2, 0.25) is 0 Å². The molecule has 0 fully saturated rings. The fraction of sp³-hybridized carbons (Fsp3) is 0.312. The van der Waals surface area contributed by atoms with Crippen LogP contribution in [0.25, 0.3) is 0 Å². The minimum atomic E-state index is -0.331. The van der Waals surface area contributed by atoms with Gasteiger partial charge in [-0.2, -0.15) is 0 Å². The molecule has 0 aliphatic rings. The van der Waals surface area contributed by atoms with E-state index < -0.39 is 0 Å². The lowest BCUT2D eigenvalue weighted by Gasteiger charge is -2.14. The number of benzene rings is 1. The van der Waals surface area contributed by atoms with E-state index in [1.54, 1.807) is 12.1 Å². The Morgan fingerprint density at radius 1 is 1.15 bits per heavy atom. The van der Waals surface area contributed by atoms with Crippen molar-refractivity contribution in [2.45, 2.75) is 26.3 Å². The summed E-state index contributed by atoms with van der Waals surface area (Å²) in [6.07, 6.45) is 2.04. The first-order valence-electron chi connectivity index (χ1n) is 6.66. The largest absolute Gasteiger partial charge is 0.309 e. The van der Waals surface area contributed by atoms with Gasteiger partial charge in [0.1, 0.15) is 11.6 Å². The van der Waals surface area contributed by atoms with E-state index in [0.29, 0.717) is 0 Å². The molecule has 0 radical (unpaired) electrons. The molecule has 0 aliphatic carbocycles. The summed E-state index contributed by atoms with van der Waals surface area (Å²) in [4.78, 5) is 4.05. The maximum absolute atomic E-state index is 13.0. The molecule has 0 saturated carbocycles. The van der Waals surface area contributed by atoms with E-state index in [9.17, 15) is 8.78 Å². The van der Waals surface area contributed by atoms with Crippen LogP contribution in [0.1, 0.15) is 29.8 Å². The van der Waals surface area contributed by atoms with E-state index in [1.807, 2.05) is 19.9 Å². The molecule has 1 heterocycles. The van der Waals surface area contributed by atoms with Crippen LogP contribution in [0.15, 0.2) is 36.5 Å². The van der Waals surface area contributed by atoms with Gasteiger partial charge in [0.2, 0.25) is 0 Å². The van der Waals surface area contributed by atoms with Crippen molar-refractivity contribution in [1.82, 2.24) is 10.3 Å². The van der Waals surface area contributed by atoms with Crippen LogP contribution in [0.4, 0.5) is 8.78 Å². The monoisotopic (exact) mass is 276 g/mol. The molecule has 1 N–H and O–H groups in total. The Bertz CT molecular complexity index is 567. The van der Waals surface area contributed by atoms with E-state index >= 15 is 0 Å². The van der Waals surface area contributed by atoms with Crippen LogP contribution in [-0.4, -0.2) is 11.5 Å². The van der Waals surface area contributed by atoms with Gasteiger partial charge in [0.15, 0.2) is 0 Å². The van der Waals surface area contributed by atoms with Crippen LogP contribution in [-0.2, 0) is 6.42 Å². The Kier molecular flexibility index (Phi) is 4.79. The van der Waals surface area contributed by atoms with Crippen LogP contribution in [0.3, 0.4) is 0 Å². The zero-order valence-electron chi connectivity index (χ0n) is 11.7. The molecule has 1 unspecified atom stereocenters. The van der Waals surface area contributed by atoms with E-state index in [0.717, 1.165) is 29.8 Å². The zero-order valence-corrected chi connectivity index (χ0v) is 11.7. The number of halogens is 2. The van der Waals surface area contributed by atoms with E-state index in [2.05, 4.69) is 10.3 Å². The van der Waals surface area contributed by atoms with E-state index in [4.69, 9.17) is 0 Å². The van der Waals surface area contributed by atoms with Gasteiger partial charge in [0.25, 0.3) is 0 Å². The molecule has 2 aromatic rings. The van der Waals surface area contributed by atoms with Crippen molar-refractivity contribution >= 4 is 0 Å². The smallest absolute Gasteiger partial charge is 0.141 e. The van der Waals surface area contributed by atoms with Gasteiger partial charge in [0, 0.05) is 6.04 Å². The minimum Gasteiger partial charge on any atom is -0.309 e. The first-order valence-corrected chi connectivity index (χ1v) is 6.66. The van der Waals surface area contributed by atoms with Crippen molar-refractivity contribution < 1.29 is 8.78 Å². The molecule has 0 amide bonds. The predicted molar refractivity (Wildman–Crippen MR) is 75.5 cm³/mol. The summed E-state index contributed by atoms with van der Waals surface area (Å²) < 4.78 is 25.8. The fourth-order valence-electron chi connectivity index (χ4n) is 2.11. The maximum atomic E-state index is 13.0. The number of aryl methyl sites for hydroxylation is 1. The molecule has 4 heteroatoms. The lowest BCUT2D eigenvalue weighted by atomic mass is 10.1. The average molecular weight is 276 g/mol. The van der Waals surface area contributed by atoms with Crippen molar-refractivity contribution in [3.05, 3.63) is 65.0 Å². The second-order valence-electron chi connectivity index (χ2n) is 4.90. The minimum absolute atomic E-state index is 0.0522. The zero-order chi connectivity index (χ0) is 14.5. The van der Waals surface area contributed by atoms with Crippen LogP contribution < -0.4 is 5.32 Å². The van der Waals surface area contributed by atoms with Gasteiger partial charge in [-0.05, 0) is 62.2 Å². The molecule has 1 aromatic heterocycles. The lowest BCUT2D eigenvalue weighted by molar-refractivity contribution is 0.556. The van der Waals surface area contributed by atoms with Crippen molar-refractivity contribution in [2.24, 2.45) is 0 Å². The second kappa shape index (κ2) is 6.57. The summed E-state index contributed by atoms with van der Waals surface area (Å²) in [5.74, 6) is -0.536. The number of hydrogen-bond donors (Lipinski definition) is 1. The Morgan fingerprint density at radius 2 is 1.90 bits per heavy atom. The highest BCUT2D eigenvalue weighted by molar-refractivity contribution is 5.26. The van der Waals surface area contributed by atoms with Gasteiger partial charge in [-0.15, -0.1) is 0 Å². The third-order valence-corrected chi connectivity index (χ3v) is 3.34. The van der Waals surface area contributed by atoms with Gasteiger partial charge < -0.3 is 5.32 Å². The predicted octanol–water partition coefficient (Wildman–Crippen LogP) is 3.56. The molecular formula is C16H18F2N2. The quantitative estimate of drug-likeness (QED) is 0.903. The number of aromatic nitrogens is 1. The highest BCUT2D eigenvalue weighted by Crippen LogP contribution is 2.12. The number of nitrogens with one attached hydrogen (secondary N) is 1. The Morgan fingerprint density at radius 3 is 2.55 bits per heavy atom. The molecule has 0 aliphatic heterocycles. The number of hydrogen-bond acceptors (Lipinski definition) is 2. The topological polar surface area (TPSA) is 24.9 Å².